The summed E-state index contributed by atoms with van der Waals surface area (Å²) in [4.78, 5) is 8.04. The standard InChI is InChI=1S/C13H11BrN2S/c1-8-4-10(14)6-11-13(8)16-12(15-11)5-9-2-3-17-7-9/h2-4,6-7H,5H2,1H3,(H,15,16). The molecular weight excluding hydrogens is 296 g/mol. The molecule has 17 heavy (non-hydrogen) atoms. The number of imidazole rings is 1. The fourth-order valence-electron chi connectivity index (χ4n) is 1.97. The molecule has 4 heteroatoms. The number of nitrogens with one attached hydrogen (secondary N) is 1. The highest BCUT2D eigenvalue weighted by molar-refractivity contribution is 9.10. The van der Waals surface area contributed by atoms with Gasteiger partial charge in [-0.3, -0.25) is 0 Å². The lowest BCUT2D eigenvalue weighted by Crippen LogP contribution is -1.87. The molecule has 0 unspecified atom stereocenters. The van der Waals surface area contributed by atoms with Crippen LogP contribution in [0.25, 0.3) is 11.0 Å². The van der Waals surface area contributed by atoms with Gasteiger partial charge < -0.3 is 4.98 Å². The first-order chi connectivity index (χ1) is 8.22. The molecule has 0 radical (unpaired) electrons. The van der Waals surface area contributed by atoms with Crippen molar-refractivity contribution in [1.82, 2.24) is 9.97 Å². The predicted octanol–water partition coefficient (Wildman–Crippen LogP) is 4.29. The van der Waals surface area contributed by atoms with E-state index >= 15 is 0 Å². The molecule has 0 saturated carbocycles. The van der Waals surface area contributed by atoms with Crippen LogP contribution in [0.4, 0.5) is 0 Å². The van der Waals surface area contributed by atoms with Crippen LogP contribution >= 0.6 is 27.3 Å². The molecular formula is C13H11BrN2S. The first-order valence-corrected chi connectivity index (χ1v) is 7.12. The van der Waals surface area contributed by atoms with Crippen molar-refractivity contribution < 1.29 is 0 Å². The lowest BCUT2D eigenvalue weighted by molar-refractivity contribution is 1.04. The number of hydrogen-bond donors (Lipinski definition) is 1. The van der Waals surface area contributed by atoms with Crippen LogP contribution in [0.2, 0.25) is 0 Å². The number of aromatic amines is 1. The molecule has 2 nitrogen and oxygen atoms in total. The van der Waals surface area contributed by atoms with Crippen LogP contribution in [0.1, 0.15) is 17.0 Å². The molecule has 0 amide bonds. The monoisotopic (exact) mass is 306 g/mol. The van der Waals surface area contributed by atoms with E-state index in [0.29, 0.717) is 0 Å². The molecule has 1 aromatic carbocycles. The number of nitrogens with zero attached hydrogens (tertiary/aromatic N) is 1. The van der Waals surface area contributed by atoms with Gasteiger partial charge in [0.1, 0.15) is 5.82 Å². The molecule has 0 saturated heterocycles. The highest BCUT2D eigenvalue weighted by Gasteiger charge is 2.07. The molecule has 0 spiro atoms. The predicted molar refractivity (Wildman–Crippen MR) is 75.7 cm³/mol. The SMILES string of the molecule is Cc1cc(Br)cc2[nH]c(Cc3ccsc3)nc12. The minimum Gasteiger partial charge on any atom is -0.342 e. The van der Waals surface area contributed by atoms with E-state index in [9.17, 15) is 0 Å². The number of H-pyrrole nitrogens is 1. The maximum absolute atomic E-state index is 4.66. The average molecular weight is 307 g/mol. The van der Waals surface area contributed by atoms with Crippen molar-refractivity contribution in [2.45, 2.75) is 13.3 Å². The highest BCUT2D eigenvalue weighted by atomic mass is 79.9. The second-order valence-corrected chi connectivity index (χ2v) is 5.81. The summed E-state index contributed by atoms with van der Waals surface area (Å²) in [5.74, 6) is 1.03. The van der Waals surface area contributed by atoms with E-state index in [1.54, 1.807) is 11.3 Å². The number of thiophene rings is 1. The summed E-state index contributed by atoms with van der Waals surface area (Å²) in [5.41, 5.74) is 4.67. The quantitative estimate of drug-likeness (QED) is 0.752. The molecule has 0 atom stereocenters. The zero-order valence-corrected chi connectivity index (χ0v) is 11.7. The summed E-state index contributed by atoms with van der Waals surface area (Å²) < 4.78 is 1.09. The van der Waals surface area contributed by atoms with Crippen molar-refractivity contribution >= 4 is 38.3 Å². The third kappa shape index (κ3) is 2.15. The van der Waals surface area contributed by atoms with Crippen molar-refractivity contribution in [3.63, 3.8) is 0 Å². The summed E-state index contributed by atoms with van der Waals surface area (Å²) in [6.07, 6.45) is 0.870. The van der Waals surface area contributed by atoms with Gasteiger partial charge in [0.2, 0.25) is 0 Å². The molecule has 1 N–H and O–H groups in total. The Bertz CT molecular complexity index is 655. The highest BCUT2D eigenvalue weighted by Crippen LogP contribution is 2.23. The Labute approximate surface area is 112 Å². The third-order valence-corrected chi connectivity index (χ3v) is 3.93. The smallest absolute Gasteiger partial charge is 0.111 e. The average Bonchev–Trinajstić information content (AvgIpc) is 2.87. The van der Waals surface area contributed by atoms with Gasteiger partial charge in [-0.25, -0.2) is 4.98 Å². The number of aromatic nitrogens is 2. The number of benzene rings is 1. The van der Waals surface area contributed by atoms with Crippen molar-refractivity contribution in [3.05, 3.63) is 50.4 Å². The Morgan fingerprint density at radius 2 is 2.29 bits per heavy atom. The van der Waals surface area contributed by atoms with Gasteiger partial charge in [0, 0.05) is 10.9 Å². The van der Waals surface area contributed by atoms with Gasteiger partial charge in [-0.2, -0.15) is 11.3 Å². The number of hydrogen-bond acceptors (Lipinski definition) is 2. The molecule has 2 heterocycles. The molecule has 2 aromatic heterocycles. The van der Waals surface area contributed by atoms with Crippen molar-refractivity contribution in [2.24, 2.45) is 0 Å². The molecule has 0 aliphatic heterocycles. The Balaban J connectivity index is 2.05. The van der Waals surface area contributed by atoms with Gasteiger partial charge in [0.05, 0.1) is 11.0 Å². The van der Waals surface area contributed by atoms with E-state index in [4.69, 9.17) is 0 Å². The first kappa shape index (κ1) is 11.0. The number of fused-ring (bicyclic) bond motifs is 1. The maximum atomic E-state index is 4.66. The Morgan fingerprint density at radius 3 is 3.06 bits per heavy atom. The Morgan fingerprint density at radius 1 is 1.41 bits per heavy atom. The third-order valence-electron chi connectivity index (χ3n) is 2.74. The van der Waals surface area contributed by atoms with Gasteiger partial charge in [-0.15, -0.1) is 0 Å². The summed E-state index contributed by atoms with van der Waals surface area (Å²) in [6.45, 7) is 2.09. The van der Waals surface area contributed by atoms with Crippen LogP contribution in [-0.4, -0.2) is 9.97 Å². The Hall–Kier alpha value is -1.13. The van der Waals surface area contributed by atoms with Crippen molar-refractivity contribution in [1.29, 1.82) is 0 Å². The van der Waals surface area contributed by atoms with Crippen molar-refractivity contribution in [2.75, 3.05) is 0 Å². The van der Waals surface area contributed by atoms with Gasteiger partial charge >= 0.3 is 0 Å². The number of aryl methyl sites for hydroxylation is 1. The van der Waals surface area contributed by atoms with Crippen molar-refractivity contribution in [3.8, 4) is 0 Å². The van der Waals surface area contributed by atoms with Crippen LogP contribution in [-0.2, 0) is 6.42 Å². The van der Waals surface area contributed by atoms with E-state index in [-0.39, 0.29) is 0 Å². The van der Waals surface area contributed by atoms with Gasteiger partial charge in [-0.05, 0) is 47.0 Å². The summed E-state index contributed by atoms with van der Waals surface area (Å²) in [5, 5.41) is 4.26. The van der Waals surface area contributed by atoms with E-state index in [1.807, 2.05) is 0 Å². The van der Waals surface area contributed by atoms with E-state index < -0.39 is 0 Å². The van der Waals surface area contributed by atoms with Crippen LogP contribution in [0, 0.1) is 6.92 Å². The lowest BCUT2D eigenvalue weighted by atomic mass is 10.2. The summed E-state index contributed by atoms with van der Waals surface area (Å²) in [7, 11) is 0. The van der Waals surface area contributed by atoms with Gasteiger partial charge in [0.15, 0.2) is 0 Å². The topological polar surface area (TPSA) is 28.7 Å². The largest absolute Gasteiger partial charge is 0.342 e. The normalized spacial score (nSPS) is 11.2. The molecule has 0 aliphatic carbocycles. The second-order valence-electron chi connectivity index (χ2n) is 4.11. The molecule has 0 aliphatic rings. The Kier molecular flexibility index (Phi) is 2.76. The van der Waals surface area contributed by atoms with Crippen LogP contribution in [0.5, 0.6) is 0 Å². The second kappa shape index (κ2) is 4.27. The maximum Gasteiger partial charge on any atom is 0.111 e. The summed E-state index contributed by atoms with van der Waals surface area (Å²) in [6, 6.07) is 6.31. The van der Waals surface area contributed by atoms with Crippen LogP contribution in [0.15, 0.2) is 33.4 Å². The fourth-order valence-corrected chi connectivity index (χ4v) is 3.21. The van der Waals surface area contributed by atoms with E-state index in [1.165, 1.54) is 11.1 Å². The minimum atomic E-state index is 0.870. The first-order valence-electron chi connectivity index (χ1n) is 5.38. The number of rotatable bonds is 2. The molecule has 3 aromatic rings. The van der Waals surface area contributed by atoms with E-state index in [2.05, 4.69) is 61.8 Å². The summed E-state index contributed by atoms with van der Waals surface area (Å²) >= 11 is 5.23. The fraction of sp³-hybridized carbons (Fsp3) is 0.154. The van der Waals surface area contributed by atoms with Gasteiger partial charge in [-0.1, -0.05) is 15.9 Å². The molecule has 0 fully saturated rings. The minimum absolute atomic E-state index is 0.870. The van der Waals surface area contributed by atoms with E-state index in [0.717, 1.165) is 27.8 Å². The van der Waals surface area contributed by atoms with Crippen LogP contribution < -0.4 is 0 Å². The molecule has 3 rings (SSSR count). The number of halogens is 1. The zero-order valence-electron chi connectivity index (χ0n) is 9.33. The van der Waals surface area contributed by atoms with Gasteiger partial charge in [0.25, 0.3) is 0 Å². The zero-order chi connectivity index (χ0) is 11.8. The lowest BCUT2D eigenvalue weighted by Gasteiger charge is -1.94. The molecule has 0 bridgehead atoms. The van der Waals surface area contributed by atoms with Crippen LogP contribution in [0.3, 0.4) is 0 Å². The molecule has 86 valence electrons.